The van der Waals surface area contributed by atoms with E-state index in [9.17, 15) is 4.39 Å². The molecule has 0 saturated carbocycles. The molecule has 0 spiro atoms. The lowest BCUT2D eigenvalue weighted by atomic mass is 10.1. The van der Waals surface area contributed by atoms with E-state index in [0.717, 1.165) is 27.5 Å². The second-order valence-corrected chi connectivity index (χ2v) is 5.70. The number of hydrogen-bond acceptors (Lipinski definition) is 3. The molecule has 0 unspecified atom stereocenters. The Morgan fingerprint density at radius 2 is 2.09 bits per heavy atom. The highest BCUT2D eigenvalue weighted by atomic mass is 35.5. The van der Waals surface area contributed by atoms with E-state index >= 15 is 0 Å². The molecule has 4 rings (SSSR count). The van der Waals surface area contributed by atoms with Crippen LogP contribution in [0, 0.1) is 12.7 Å². The Balaban J connectivity index is 1.88. The van der Waals surface area contributed by atoms with Gasteiger partial charge in [-0.2, -0.15) is 0 Å². The van der Waals surface area contributed by atoms with E-state index in [0.29, 0.717) is 11.0 Å². The lowest BCUT2D eigenvalue weighted by Gasteiger charge is -2.06. The highest BCUT2D eigenvalue weighted by Crippen LogP contribution is 2.30. The number of anilines is 2. The van der Waals surface area contributed by atoms with Crippen molar-refractivity contribution in [3.8, 4) is 0 Å². The molecule has 2 aromatic heterocycles. The molecular weight excluding hydrogens is 315 g/mol. The predicted molar refractivity (Wildman–Crippen MR) is 90.8 cm³/mol. The van der Waals surface area contributed by atoms with E-state index in [1.54, 1.807) is 18.3 Å². The third kappa shape index (κ3) is 2.29. The first-order valence-electron chi connectivity index (χ1n) is 7.08. The molecule has 6 heteroatoms. The molecular formula is C17H12ClFN4. The van der Waals surface area contributed by atoms with Crippen LogP contribution in [-0.4, -0.2) is 15.0 Å². The lowest BCUT2D eigenvalue weighted by molar-refractivity contribution is 0.632. The number of aromatic nitrogens is 3. The summed E-state index contributed by atoms with van der Waals surface area (Å²) in [6.07, 6.45) is 1.76. The summed E-state index contributed by atoms with van der Waals surface area (Å²) >= 11 is 6.04. The SMILES string of the molecule is Cc1cc2nc(Nc3c(F)cccc3Cl)[nH]c2c2cccnc12. The van der Waals surface area contributed by atoms with Gasteiger partial charge >= 0.3 is 0 Å². The normalized spacial score (nSPS) is 11.3. The topological polar surface area (TPSA) is 53.6 Å². The van der Waals surface area contributed by atoms with Crippen LogP contribution in [0.1, 0.15) is 5.56 Å². The summed E-state index contributed by atoms with van der Waals surface area (Å²) in [5.41, 5.74) is 3.80. The summed E-state index contributed by atoms with van der Waals surface area (Å²) in [5, 5.41) is 4.19. The lowest BCUT2D eigenvalue weighted by Crippen LogP contribution is -1.96. The molecule has 0 saturated heterocycles. The van der Waals surface area contributed by atoms with Crippen molar-refractivity contribution in [1.29, 1.82) is 0 Å². The fourth-order valence-corrected chi connectivity index (χ4v) is 2.90. The number of pyridine rings is 1. The summed E-state index contributed by atoms with van der Waals surface area (Å²) < 4.78 is 13.9. The third-order valence-corrected chi connectivity index (χ3v) is 4.06. The number of halogens is 2. The largest absolute Gasteiger partial charge is 0.323 e. The Morgan fingerprint density at radius 3 is 2.91 bits per heavy atom. The molecule has 2 aromatic carbocycles. The highest BCUT2D eigenvalue weighted by Gasteiger charge is 2.12. The van der Waals surface area contributed by atoms with Crippen molar-refractivity contribution in [1.82, 2.24) is 15.0 Å². The predicted octanol–water partition coefficient (Wildman–Crippen LogP) is 4.96. The van der Waals surface area contributed by atoms with Gasteiger partial charge in [0.05, 0.1) is 27.3 Å². The van der Waals surface area contributed by atoms with Crippen LogP contribution in [0.15, 0.2) is 42.6 Å². The number of benzene rings is 2. The first-order chi connectivity index (χ1) is 11.1. The van der Waals surface area contributed by atoms with Crippen LogP contribution in [0.4, 0.5) is 16.0 Å². The molecule has 0 fully saturated rings. The third-order valence-electron chi connectivity index (χ3n) is 3.74. The molecule has 0 aliphatic carbocycles. The fourth-order valence-electron chi connectivity index (χ4n) is 2.69. The maximum atomic E-state index is 13.9. The van der Waals surface area contributed by atoms with Gasteiger partial charge in [0.2, 0.25) is 5.95 Å². The minimum atomic E-state index is -0.430. The Bertz CT molecular complexity index is 1020. The van der Waals surface area contributed by atoms with E-state index in [-0.39, 0.29) is 5.69 Å². The van der Waals surface area contributed by atoms with E-state index in [1.807, 2.05) is 25.1 Å². The van der Waals surface area contributed by atoms with Gasteiger partial charge in [-0.05, 0) is 42.8 Å². The second kappa shape index (κ2) is 5.21. The molecule has 0 bridgehead atoms. The van der Waals surface area contributed by atoms with Gasteiger partial charge < -0.3 is 10.3 Å². The summed E-state index contributed by atoms with van der Waals surface area (Å²) in [6, 6.07) is 10.3. The number of aryl methyl sites for hydroxylation is 1. The average molecular weight is 327 g/mol. The molecule has 2 heterocycles. The minimum Gasteiger partial charge on any atom is -0.323 e. The van der Waals surface area contributed by atoms with Crippen LogP contribution in [0.2, 0.25) is 5.02 Å². The number of nitrogens with one attached hydrogen (secondary N) is 2. The molecule has 4 nitrogen and oxygen atoms in total. The van der Waals surface area contributed by atoms with Crippen molar-refractivity contribution in [2.75, 3.05) is 5.32 Å². The molecule has 2 N–H and O–H groups in total. The van der Waals surface area contributed by atoms with Gasteiger partial charge in [0.25, 0.3) is 0 Å². The quantitative estimate of drug-likeness (QED) is 0.547. The van der Waals surface area contributed by atoms with Crippen LogP contribution in [0.3, 0.4) is 0 Å². The van der Waals surface area contributed by atoms with Crippen LogP contribution < -0.4 is 5.32 Å². The van der Waals surface area contributed by atoms with Gasteiger partial charge in [0.1, 0.15) is 5.82 Å². The Labute approximate surface area is 136 Å². The first kappa shape index (κ1) is 14.0. The number of rotatable bonds is 2. The van der Waals surface area contributed by atoms with Gasteiger partial charge in [0, 0.05) is 11.6 Å². The second-order valence-electron chi connectivity index (χ2n) is 5.29. The molecule has 0 radical (unpaired) electrons. The van der Waals surface area contributed by atoms with Crippen molar-refractivity contribution in [3.05, 3.63) is 59.0 Å². The van der Waals surface area contributed by atoms with E-state index in [1.165, 1.54) is 6.07 Å². The Kier molecular flexibility index (Phi) is 3.16. The number of imidazole rings is 1. The van der Waals surface area contributed by atoms with Gasteiger partial charge in [-0.15, -0.1) is 0 Å². The molecule has 0 atom stereocenters. The average Bonchev–Trinajstić information content (AvgIpc) is 2.94. The van der Waals surface area contributed by atoms with Crippen molar-refractivity contribution in [2.45, 2.75) is 6.92 Å². The van der Waals surface area contributed by atoms with Crippen molar-refractivity contribution in [2.24, 2.45) is 0 Å². The maximum Gasteiger partial charge on any atom is 0.205 e. The van der Waals surface area contributed by atoms with Gasteiger partial charge in [-0.3, -0.25) is 4.98 Å². The van der Waals surface area contributed by atoms with E-state index in [2.05, 4.69) is 20.3 Å². The zero-order chi connectivity index (χ0) is 16.0. The van der Waals surface area contributed by atoms with Crippen molar-refractivity contribution < 1.29 is 4.39 Å². The van der Waals surface area contributed by atoms with E-state index in [4.69, 9.17) is 11.6 Å². The molecule has 4 aromatic rings. The van der Waals surface area contributed by atoms with Crippen molar-refractivity contribution in [3.63, 3.8) is 0 Å². The first-order valence-corrected chi connectivity index (χ1v) is 7.46. The van der Waals surface area contributed by atoms with Crippen LogP contribution >= 0.6 is 11.6 Å². The van der Waals surface area contributed by atoms with E-state index < -0.39 is 5.82 Å². The standard InChI is InChI=1S/C17H12ClFN4/c1-9-8-13-15(10-4-3-7-20-14(9)10)22-17(21-13)23-16-11(18)5-2-6-12(16)19/h2-8H,1H3,(H2,21,22,23). The summed E-state index contributed by atoms with van der Waals surface area (Å²) in [4.78, 5) is 12.1. The number of hydrogen-bond donors (Lipinski definition) is 2. The number of aromatic amines is 1. The highest BCUT2D eigenvalue weighted by molar-refractivity contribution is 6.33. The Hall–Kier alpha value is -2.66. The number of nitrogens with zero attached hydrogens (tertiary/aromatic N) is 2. The summed E-state index contributed by atoms with van der Waals surface area (Å²) in [7, 11) is 0. The maximum absolute atomic E-state index is 13.9. The van der Waals surface area contributed by atoms with Crippen LogP contribution in [0.25, 0.3) is 21.9 Å². The zero-order valence-electron chi connectivity index (χ0n) is 12.2. The van der Waals surface area contributed by atoms with Crippen molar-refractivity contribution >= 4 is 45.2 Å². The van der Waals surface area contributed by atoms with Gasteiger partial charge in [0.15, 0.2) is 0 Å². The van der Waals surface area contributed by atoms with Crippen LogP contribution in [-0.2, 0) is 0 Å². The fraction of sp³-hybridized carbons (Fsp3) is 0.0588. The molecule has 23 heavy (non-hydrogen) atoms. The zero-order valence-corrected chi connectivity index (χ0v) is 12.9. The monoisotopic (exact) mass is 326 g/mol. The number of para-hydroxylation sites is 1. The number of H-pyrrole nitrogens is 1. The van der Waals surface area contributed by atoms with Crippen LogP contribution in [0.5, 0.6) is 0 Å². The summed E-state index contributed by atoms with van der Waals surface area (Å²) in [6.45, 7) is 1.99. The summed E-state index contributed by atoms with van der Waals surface area (Å²) in [5.74, 6) is 0.00316. The molecule has 0 aliphatic rings. The number of fused-ring (bicyclic) bond motifs is 3. The minimum absolute atomic E-state index is 0.201. The van der Waals surface area contributed by atoms with Gasteiger partial charge in [-0.1, -0.05) is 17.7 Å². The molecule has 114 valence electrons. The smallest absolute Gasteiger partial charge is 0.205 e. The van der Waals surface area contributed by atoms with Gasteiger partial charge in [-0.25, -0.2) is 9.37 Å². The Morgan fingerprint density at radius 1 is 1.22 bits per heavy atom. The molecule has 0 aliphatic heterocycles. The molecule has 0 amide bonds.